The number of hydrogen-bond acceptors (Lipinski definition) is 9. The lowest BCUT2D eigenvalue weighted by Gasteiger charge is -2.27. The van der Waals surface area contributed by atoms with Crippen LogP contribution in [-0.2, 0) is 20.8 Å². The molecule has 0 spiro atoms. The summed E-state index contributed by atoms with van der Waals surface area (Å²) in [6.45, 7) is 6.77. The van der Waals surface area contributed by atoms with Gasteiger partial charge >= 0.3 is 0 Å². The molecule has 1 aromatic heterocycles. The van der Waals surface area contributed by atoms with Gasteiger partial charge in [0.2, 0.25) is 0 Å². The first-order chi connectivity index (χ1) is 18.1. The summed E-state index contributed by atoms with van der Waals surface area (Å²) in [6.07, 6.45) is 2.69. The molecule has 0 radical (unpaired) electrons. The highest BCUT2D eigenvalue weighted by atomic mass is 32.1. The van der Waals surface area contributed by atoms with Crippen molar-refractivity contribution in [3.8, 4) is 0 Å². The van der Waals surface area contributed by atoms with E-state index < -0.39 is 0 Å². The van der Waals surface area contributed by atoms with Gasteiger partial charge < -0.3 is 29.7 Å². The van der Waals surface area contributed by atoms with E-state index in [-0.39, 0.29) is 24.0 Å². The molecule has 4 heterocycles. The number of thiazole rings is 1. The summed E-state index contributed by atoms with van der Waals surface area (Å²) in [5.74, 6) is -0.515. The van der Waals surface area contributed by atoms with E-state index in [4.69, 9.17) is 14.2 Å². The average Bonchev–Trinajstić information content (AvgIpc) is 3.61. The molecule has 0 unspecified atom stereocenters. The normalized spacial score (nSPS) is 21.2. The first-order valence-corrected chi connectivity index (χ1v) is 13.8. The molecular formula is C26H35N5O5S. The van der Waals surface area contributed by atoms with Gasteiger partial charge in [0.15, 0.2) is 5.13 Å². The second kappa shape index (κ2) is 12.3. The lowest BCUT2D eigenvalue weighted by molar-refractivity contribution is 0.0341. The fourth-order valence-electron chi connectivity index (χ4n) is 4.90. The summed E-state index contributed by atoms with van der Waals surface area (Å²) in [6, 6.07) is 5.74. The highest BCUT2D eigenvalue weighted by Crippen LogP contribution is 2.27. The number of rotatable bonds is 8. The Balaban J connectivity index is 1.31. The Labute approximate surface area is 221 Å². The summed E-state index contributed by atoms with van der Waals surface area (Å²) >= 11 is 1.45. The maximum absolute atomic E-state index is 13.4. The first kappa shape index (κ1) is 26.1. The Morgan fingerprint density at radius 1 is 1.08 bits per heavy atom. The van der Waals surface area contributed by atoms with Gasteiger partial charge in [-0.25, -0.2) is 4.98 Å². The molecule has 10 nitrogen and oxygen atoms in total. The van der Waals surface area contributed by atoms with Crippen LogP contribution in [0.2, 0.25) is 0 Å². The molecule has 1 aromatic carbocycles. The zero-order valence-electron chi connectivity index (χ0n) is 21.2. The van der Waals surface area contributed by atoms with E-state index in [9.17, 15) is 9.59 Å². The molecule has 3 aliphatic heterocycles. The number of amides is 2. The highest BCUT2D eigenvalue weighted by molar-refractivity contribution is 7.14. The van der Waals surface area contributed by atoms with Crippen LogP contribution in [0.1, 0.15) is 45.7 Å². The molecule has 2 N–H and O–H groups in total. The Kier molecular flexibility index (Phi) is 8.67. The fraction of sp³-hybridized carbons (Fsp3) is 0.577. The van der Waals surface area contributed by atoms with Crippen LogP contribution in [0.4, 0.5) is 10.8 Å². The smallest absolute Gasteiger partial charge is 0.275 e. The van der Waals surface area contributed by atoms with Gasteiger partial charge in [-0.1, -0.05) is 6.07 Å². The average molecular weight is 530 g/mol. The number of ether oxygens (including phenoxy) is 3. The van der Waals surface area contributed by atoms with E-state index >= 15 is 0 Å². The monoisotopic (exact) mass is 529 g/mol. The van der Waals surface area contributed by atoms with Crippen LogP contribution in [-0.4, -0.2) is 93.6 Å². The summed E-state index contributed by atoms with van der Waals surface area (Å²) < 4.78 is 16.3. The molecule has 3 fully saturated rings. The molecule has 1 atom stereocenters. The maximum Gasteiger partial charge on any atom is 0.275 e. The van der Waals surface area contributed by atoms with E-state index in [1.165, 1.54) is 11.3 Å². The number of morpholine rings is 1. The number of methoxy groups -OCH3 is 1. The largest absolute Gasteiger partial charge is 0.381 e. The van der Waals surface area contributed by atoms with Gasteiger partial charge in [0, 0.05) is 64.5 Å². The van der Waals surface area contributed by atoms with Crippen molar-refractivity contribution in [2.75, 3.05) is 69.9 Å². The molecule has 37 heavy (non-hydrogen) atoms. The summed E-state index contributed by atoms with van der Waals surface area (Å²) in [5, 5.41) is 8.65. The lowest BCUT2D eigenvalue weighted by atomic mass is 10.0. The Morgan fingerprint density at radius 3 is 2.62 bits per heavy atom. The molecule has 5 rings (SSSR count). The quantitative estimate of drug-likeness (QED) is 0.537. The van der Waals surface area contributed by atoms with Gasteiger partial charge in [0.25, 0.3) is 11.8 Å². The van der Waals surface area contributed by atoms with Crippen LogP contribution in [0, 0.1) is 0 Å². The van der Waals surface area contributed by atoms with Crippen LogP contribution in [0.5, 0.6) is 0 Å². The van der Waals surface area contributed by atoms with E-state index in [0.717, 1.165) is 62.7 Å². The molecule has 3 saturated heterocycles. The van der Waals surface area contributed by atoms with E-state index in [1.807, 2.05) is 18.2 Å². The third-order valence-corrected chi connectivity index (χ3v) is 8.02. The Morgan fingerprint density at radius 2 is 1.86 bits per heavy atom. The molecule has 3 aliphatic rings. The SMILES string of the molecule is CO[C@H]1CCN(c2nc(C(=O)Nc3ccc(CN4CCOCC4)cc3C(=O)NC3CCOCC3)cs2)C1. The van der Waals surface area contributed by atoms with E-state index in [2.05, 4.69) is 25.4 Å². The van der Waals surface area contributed by atoms with Crippen molar-refractivity contribution in [3.05, 3.63) is 40.4 Å². The van der Waals surface area contributed by atoms with Crippen molar-refractivity contribution in [2.24, 2.45) is 0 Å². The molecular weight excluding hydrogens is 494 g/mol. The summed E-state index contributed by atoms with van der Waals surface area (Å²) in [7, 11) is 1.72. The van der Waals surface area contributed by atoms with Crippen LogP contribution >= 0.6 is 11.3 Å². The van der Waals surface area contributed by atoms with Gasteiger partial charge in [0.05, 0.1) is 30.6 Å². The molecule has 0 saturated carbocycles. The van der Waals surface area contributed by atoms with Crippen LogP contribution < -0.4 is 15.5 Å². The predicted molar refractivity (Wildman–Crippen MR) is 142 cm³/mol. The Bertz CT molecular complexity index is 1080. The molecule has 11 heteroatoms. The molecule has 0 aliphatic carbocycles. The molecule has 2 aromatic rings. The molecule has 0 bridgehead atoms. The van der Waals surface area contributed by atoms with Crippen LogP contribution in [0.25, 0.3) is 0 Å². The lowest BCUT2D eigenvalue weighted by Crippen LogP contribution is -2.39. The second-order valence-electron chi connectivity index (χ2n) is 9.69. The van der Waals surface area contributed by atoms with Crippen molar-refractivity contribution >= 4 is 34.0 Å². The van der Waals surface area contributed by atoms with Gasteiger partial charge in [-0.15, -0.1) is 11.3 Å². The fourth-order valence-corrected chi connectivity index (χ4v) is 5.75. The summed E-state index contributed by atoms with van der Waals surface area (Å²) in [5.41, 5.74) is 2.31. The number of anilines is 2. The van der Waals surface area contributed by atoms with Crippen molar-refractivity contribution in [1.82, 2.24) is 15.2 Å². The summed E-state index contributed by atoms with van der Waals surface area (Å²) in [4.78, 5) is 35.5. The second-order valence-corrected chi connectivity index (χ2v) is 10.5. The minimum Gasteiger partial charge on any atom is -0.381 e. The van der Waals surface area contributed by atoms with Crippen molar-refractivity contribution in [2.45, 2.75) is 38.0 Å². The number of nitrogens with zero attached hydrogens (tertiary/aromatic N) is 3. The number of hydrogen-bond donors (Lipinski definition) is 2. The molecule has 200 valence electrons. The number of carbonyl (C=O) groups is 2. The van der Waals surface area contributed by atoms with Crippen molar-refractivity contribution < 1.29 is 23.8 Å². The minimum absolute atomic E-state index is 0.0604. The third kappa shape index (κ3) is 6.66. The zero-order valence-corrected chi connectivity index (χ0v) is 22.1. The third-order valence-electron chi connectivity index (χ3n) is 7.12. The zero-order chi connectivity index (χ0) is 25.6. The van der Waals surface area contributed by atoms with E-state index in [1.54, 1.807) is 12.5 Å². The van der Waals surface area contributed by atoms with Gasteiger partial charge in [-0.2, -0.15) is 0 Å². The van der Waals surface area contributed by atoms with E-state index in [0.29, 0.717) is 43.4 Å². The highest BCUT2D eigenvalue weighted by Gasteiger charge is 2.26. The van der Waals surface area contributed by atoms with Crippen LogP contribution in [0.3, 0.4) is 0 Å². The number of carbonyl (C=O) groups excluding carboxylic acids is 2. The van der Waals surface area contributed by atoms with Crippen molar-refractivity contribution in [3.63, 3.8) is 0 Å². The Hall–Kier alpha value is -2.57. The number of aromatic nitrogens is 1. The molecule has 2 amide bonds. The topological polar surface area (TPSA) is 105 Å². The van der Waals surface area contributed by atoms with Crippen LogP contribution in [0.15, 0.2) is 23.6 Å². The first-order valence-electron chi connectivity index (χ1n) is 13.0. The van der Waals surface area contributed by atoms with Gasteiger partial charge in [-0.3, -0.25) is 14.5 Å². The number of benzene rings is 1. The maximum atomic E-state index is 13.4. The predicted octanol–water partition coefficient (Wildman–Crippen LogP) is 2.36. The minimum atomic E-state index is -0.328. The standard InChI is InChI=1S/C26H35N5O5S/c1-34-20-4-7-31(16-20)26-29-23(17-37-26)25(33)28-22-3-2-18(15-30-8-12-36-13-9-30)14-21(22)24(32)27-19-5-10-35-11-6-19/h2-3,14,17,19-20H,4-13,15-16H2,1H3,(H,27,32)(H,28,33)/t20-/m0/s1. The van der Waals surface area contributed by atoms with Gasteiger partial charge in [0.1, 0.15) is 5.69 Å². The van der Waals surface area contributed by atoms with Gasteiger partial charge in [-0.05, 0) is 37.0 Å². The van der Waals surface area contributed by atoms with Crippen molar-refractivity contribution in [1.29, 1.82) is 0 Å². The number of nitrogens with one attached hydrogen (secondary N) is 2.